The van der Waals surface area contributed by atoms with Crippen molar-refractivity contribution in [3.63, 3.8) is 0 Å². The quantitative estimate of drug-likeness (QED) is 0.0530. The molecule has 5 aromatic carbocycles. The zero-order valence-electron chi connectivity index (χ0n) is 27.9. The van der Waals surface area contributed by atoms with Crippen LogP contribution in [-0.2, 0) is 0 Å². The molecule has 1 heterocycles. The Morgan fingerprint density at radius 2 is 0.648 bits per heavy atom. The summed E-state index contributed by atoms with van der Waals surface area (Å²) in [6.45, 7) is 4.98. The average molecular weight is 808 g/mol. The predicted molar refractivity (Wildman–Crippen MR) is 177 cm³/mol. The van der Waals surface area contributed by atoms with Crippen LogP contribution in [0.1, 0.15) is 11.1 Å². The fraction of sp³-hybridized carbons (Fsp3) is 0.111. The third-order valence-corrected chi connectivity index (χ3v) is 21.0. The van der Waals surface area contributed by atoms with E-state index in [1.54, 1.807) is 0 Å². The van der Waals surface area contributed by atoms with Crippen LogP contribution in [0.3, 0.4) is 0 Å². The van der Waals surface area contributed by atoms with Gasteiger partial charge in [0, 0.05) is 5.19 Å². The third kappa shape index (κ3) is 4.99. The van der Waals surface area contributed by atoms with Crippen molar-refractivity contribution in [2.45, 2.75) is 26.9 Å². The third-order valence-electron chi connectivity index (χ3n) is 10.1. The summed E-state index contributed by atoms with van der Waals surface area (Å²) in [5, 5.41) is -2.09. The van der Waals surface area contributed by atoms with E-state index < -0.39 is 129 Å². The Labute approximate surface area is 298 Å². The normalized spacial score (nSPS) is 15.0. The van der Waals surface area contributed by atoms with Gasteiger partial charge in [-0.15, -0.1) is 0 Å². The molecule has 0 radical (unpaired) electrons. The Morgan fingerprint density at radius 1 is 0.389 bits per heavy atom. The first-order chi connectivity index (χ1) is 25.1. The number of aryl methyl sites for hydroxylation is 2. The molecular weight excluding hydrogens is 787 g/mol. The van der Waals surface area contributed by atoms with E-state index in [4.69, 9.17) is 0 Å². The topological polar surface area (TPSA) is 0 Å². The summed E-state index contributed by atoms with van der Waals surface area (Å²) in [7, 11) is -9.74. The molecule has 0 spiro atoms. The molecule has 1 aliphatic heterocycles. The monoisotopic (exact) mass is 808 g/mol. The van der Waals surface area contributed by atoms with Gasteiger partial charge in [0.15, 0.2) is 66.2 Å². The summed E-state index contributed by atoms with van der Waals surface area (Å²) in [6.07, 6.45) is 0. The van der Waals surface area contributed by atoms with Gasteiger partial charge >= 0.3 is 0 Å². The maximum atomic E-state index is 16.4. The molecule has 0 aromatic heterocycles. The molecule has 0 saturated heterocycles. The van der Waals surface area contributed by atoms with E-state index in [0.29, 0.717) is 17.1 Å². The van der Waals surface area contributed by atoms with Crippen molar-refractivity contribution in [1.29, 1.82) is 0 Å². The van der Waals surface area contributed by atoms with Gasteiger partial charge in [0.25, 0.3) is 5.87 Å². The van der Waals surface area contributed by atoms with Crippen molar-refractivity contribution in [2.24, 2.45) is 0 Å². The minimum atomic E-state index is -4.95. The molecule has 0 aliphatic carbocycles. The minimum Gasteiger partial charge on any atom is -0.207 e. The maximum absolute atomic E-state index is 16.4. The number of hydrogen-bond acceptors (Lipinski definition) is 0. The lowest BCUT2D eigenvalue weighted by Gasteiger charge is -2.61. The van der Waals surface area contributed by atoms with Crippen LogP contribution in [0.2, 0.25) is 13.1 Å². The smallest absolute Gasteiger partial charge is 0.207 e. The van der Waals surface area contributed by atoms with Gasteiger partial charge in [0.1, 0.15) is 23.3 Å². The lowest BCUT2D eigenvalue weighted by Crippen LogP contribution is -2.74. The van der Waals surface area contributed by atoms with E-state index in [1.807, 2.05) is 0 Å². The molecule has 0 amide bonds. The van der Waals surface area contributed by atoms with E-state index in [-0.39, 0.29) is 10.6 Å². The summed E-state index contributed by atoms with van der Waals surface area (Å²) in [4.78, 5) is -0.515. The van der Waals surface area contributed by atoms with Gasteiger partial charge in [-0.05, 0) is 50.2 Å². The first-order valence-electron chi connectivity index (χ1n) is 15.6. The number of halogens is 15. The Kier molecular flexibility index (Phi) is 9.49. The second kappa shape index (κ2) is 13.1. The molecule has 5 aromatic rings. The van der Waals surface area contributed by atoms with Gasteiger partial charge in [0.2, 0.25) is 5.82 Å². The van der Waals surface area contributed by atoms with Crippen molar-refractivity contribution < 1.29 is 65.9 Å². The number of benzene rings is 5. The Bertz CT molecular complexity index is 2250. The van der Waals surface area contributed by atoms with Crippen LogP contribution in [0, 0.1) is 101 Å². The van der Waals surface area contributed by atoms with Crippen LogP contribution >= 0.6 is 7.14 Å². The molecule has 0 unspecified atom stereocenters. The number of rotatable bonds is 6. The molecular formula is C36H21BF15PSi. The zero-order chi connectivity index (χ0) is 40.1. The van der Waals surface area contributed by atoms with Crippen molar-refractivity contribution >= 4 is 47.8 Å². The van der Waals surface area contributed by atoms with E-state index in [0.717, 1.165) is 37.4 Å². The molecule has 54 heavy (non-hydrogen) atoms. The van der Waals surface area contributed by atoms with Crippen molar-refractivity contribution in [1.82, 2.24) is 0 Å². The van der Waals surface area contributed by atoms with Crippen LogP contribution in [0.25, 0.3) is 0 Å². The molecule has 0 N–H and O–H groups in total. The van der Waals surface area contributed by atoms with Crippen LogP contribution in [-0.4, -0.2) is 13.9 Å². The highest BCUT2D eigenvalue weighted by atomic mass is 31.2. The first-order valence-corrected chi connectivity index (χ1v) is 20.5. The lowest BCUT2D eigenvalue weighted by molar-refractivity contribution is 0.382. The molecule has 282 valence electrons. The lowest BCUT2D eigenvalue weighted by atomic mass is 9.37. The Morgan fingerprint density at radius 3 is 0.944 bits per heavy atom. The summed E-state index contributed by atoms with van der Waals surface area (Å²) >= 11 is 0. The van der Waals surface area contributed by atoms with Crippen LogP contribution in [0.15, 0.2) is 59.4 Å². The minimum absolute atomic E-state index is 0.313. The SMILES string of the molecule is Cc1ccc([P+]2(c3ccc(C)cc3)C([Si](C)(C)c3c(F)c(F)c(F)c(F)c3F)=C[B-]2(c2c(F)c(F)c(F)c(F)c2F)c2c(F)c(F)c(F)c(F)c2F)cc1. The summed E-state index contributed by atoms with van der Waals surface area (Å²) < 4.78 is 231. The highest BCUT2D eigenvalue weighted by Crippen LogP contribution is 2.78. The van der Waals surface area contributed by atoms with E-state index in [9.17, 15) is 22.0 Å². The molecule has 0 nitrogen and oxygen atoms in total. The molecule has 1 aliphatic rings. The van der Waals surface area contributed by atoms with Gasteiger partial charge in [0.05, 0.1) is 10.6 Å². The molecule has 0 bridgehead atoms. The van der Waals surface area contributed by atoms with Crippen LogP contribution in [0.5, 0.6) is 0 Å². The van der Waals surface area contributed by atoms with Crippen molar-refractivity contribution in [3.05, 3.63) is 158 Å². The number of hydrogen-bond donors (Lipinski definition) is 0. The van der Waals surface area contributed by atoms with Crippen LogP contribution in [0.4, 0.5) is 65.9 Å². The first kappa shape index (κ1) is 39.2. The van der Waals surface area contributed by atoms with Gasteiger partial charge in [-0.2, -0.15) is 5.98 Å². The average Bonchev–Trinajstić information content (AvgIpc) is 3.13. The second-order valence-corrected chi connectivity index (χ2v) is 21.9. The van der Waals surface area contributed by atoms with Crippen molar-refractivity contribution in [2.75, 3.05) is 0 Å². The van der Waals surface area contributed by atoms with Gasteiger partial charge in [-0.25, -0.2) is 65.9 Å². The molecule has 6 rings (SSSR count). The fourth-order valence-corrected chi connectivity index (χ4v) is 20.6. The van der Waals surface area contributed by atoms with Gasteiger partial charge < -0.3 is 0 Å². The summed E-state index contributed by atoms with van der Waals surface area (Å²) in [5.41, 5.74) is -3.24. The van der Waals surface area contributed by atoms with E-state index >= 15 is 43.9 Å². The highest BCUT2D eigenvalue weighted by Gasteiger charge is 2.72. The molecule has 0 atom stereocenters. The van der Waals surface area contributed by atoms with E-state index in [2.05, 4.69) is 0 Å². The Hall–Kier alpha value is -4.50. The molecule has 0 saturated carbocycles. The fourth-order valence-electron chi connectivity index (χ4n) is 7.70. The summed E-state index contributed by atoms with van der Waals surface area (Å²) in [5.74, 6) is -43.7. The predicted octanol–water partition coefficient (Wildman–Crippen LogP) is 8.71. The van der Waals surface area contributed by atoms with E-state index in [1.165, 1.54) is 38.1 Å². The molecule has 18 heteroatoms. The zero-order valence-corrected chi connectivity index (χ0v) is 29.8. The van der Waals surface area contributed by atoms with Crippen molar-refractivity contribution in [3.8, 4) is 0 Å². The highest BCUT2D eigenvalue weighted by molar-refractivity contribution is 8.27. The maximum Gasteiger partial charge on any atom is 0.269 e. The van der Waals surface area contributed by atoms with Gasteiger partial charge in [-0.3, -0.25) is 0 Å². The second-order valence-electron chi connectivity index (χ2n) is 13.4. The Balaban J connectivity index is 2.01. The van der Waals surface area contributed by atoms with Gasteiger partial charge in [-0.1, -0.05) is 59.4 Å². The summed E-state index contributed by atoms with van der Waals surface area (Å²) in [6, 6.07) is 9.78. The standard InChI is InChI=1S/C36H21BF15PSi/c1-14-5-9-16(10-6-14)53(17-11-7-15(2)8-12-17)18(54(3,4)36-34(51)32(49)31(48)33(50)35(36)52)13-37(53,19-21(38)25(42)29(46)26(43)22(19)39)20-23(40)27(44)30(47)28(45)24(20)41/h5-13H,1-4H3. The molecule has 0 fully saturated rings. The largest absolute Gasteiger partial charge is 0.269 e. The van der Waals surface area contributed by atoms with Crippen LogP contribution < -0.4 is 26.7 Å².